The van der Waals surface area contributed by atoms with Gasteiger partial charge in [0, 0.05) is 18.0 Å². The molecule has 0 fully saturated rings. The number of hydrogen-bond acceptors (Lipinski definition) is 6. The maximum atomic E-state index is 12.0. The fourth-order valence-electron chi connectivity index (χ4n) is 1.70. The molecule has 0 spiro atoms. The average molecular weight is 266 g/mol. The Balaban J connectivity index is 1.77. The summed E-state index contributed by atoms with van der Waals surface area (Å²) in [6.45, 7) is 0. The van der Waals surface area contributed by atoms with Crippen LogP contribution in [-0.2, 0) is 6.42 Å². The Morgan fingerprint density at radius 3 is 2.50 bits per heavy atom. The first kappa shape index (κ1) is 12.2. The van der Waals surface area contributed by atoms with Crippen LogP contribution in [0.2, 0.25) is 0 Å². The predicted molar refractivity (Wildman–Crippen MR) is 69.8 cm³/mol. The molecule has 0 aliphatic rings. The van der Waals surface area contributed by atoms with Crippen molar-refractivity contribution < 1.29 is 9.32 Å². The van der Waals surface area contributed by atoms with Crippen LogP contribution in [0.1, 0.15) is 16.2 Å². The standard InChI is InChI=1S/C14H10N4O2/c19-11(10-5-2-1-3-6-10)9-12-17-14(18-20-12)13-15-7-4-8-16-13/h1-8H,9H2. The van der Waals surface area contributed by atoms with Gasteiger partial charge in [0.25, 0.3) is 0 Å². The lowest BCUT2D eigenvalue weighted by atomic mass is 10.1. The third-order valence-electron chi connectivity index (χ3n) is 2.64. The molecule has 0 amide bonds. The molecule has 0 N–H and O–H groups in total. The van der Waals surface area contributed by atoms with Gasteiger partial charge >= 0.3 is 0 Å². The van der Waals surface area contributed by atoms with Gasteiger partial charge in [0.15, 0.2) is 5.78 Å². The highest BCUT2D eigenvalue weighted by atomic mass is 16.5. The Morgan fingerprint density at radius 2 is 1.75 bits per heavy atom. The maximum absolute atomic E-state index is 12.0. The van der Waals surface area contributed by atoms with Crippen molar-refractivity contribution in [2.45, 2.75) is 6.42 Å². The molecule has 0 bridgehead atoms. The SMILES string of the molecule is O=C(Cc1nc(-c2ncccn2)no1)c1ccccc1. The van der Waals surface area contributed by atoms with E-state index in [-0.39, 0.29) is 23.9 Å². The van der Waals surface area contributed by atoms with Gasteiger partial charge in [0.2, 0.25) is 17.5 Å². The first-order chi connectivity index (χ1) is 9.83. The van der Waals surface area contributed by atoms with Crippen LogP contribution >= 0.6 is 0 Å². The van der Waals surface area contributed by atoms with Gasteiger partial charge in [0.05, 0.1) is 6.42 Å². The van der Waals surface area contributed by atoms with E-state index in [0.717, 1.165) is 0 Å². The van der Waals surface area contributed by atoms with Crippen molar-refractivity contribution in [3.8, 4) is 11.6 Å². The van der Waals surface area contributed by atoms with Crippen molar-refractivity contribution >= 4 is 5.78 Å². The summed E-state index contributed by atoms with van der Waals surface area (Å²) >= 11 is 0. The number of hydrogen-bond donors (Lipinski definition) is 0. The lowest BCUT2D eigenvalue weighted by Crippen LogP contribution is -2.03. The highest BCUT2D eigenvalue weighted by molar-refractivity contribution is 5.96. The van der Waals surface area contributed by atoms with Crippen molar-refractivity contribution in [3.05, 3.63) is 60.2 Å². The van der Waals surface area contributed by atoms with Crippen LogP contribution in [0, 0.1) is 0 Å². The monoisotopic (exact) mass is 266 g/mol. The number of benzene rings is 1. The van der Waals surface area contributed by atoms with Gasteiger partial charge < -0.3 is 4.52 Å². The summed E-state index contributed by atoms with van der Waals surface area (Å²) in [5, 5.41) is 3.77. The van der Waals surface area contributed by atoms with Crippen LogP contribution in [0.25, 0.3) is 11.6 Å². The first-order valence-corrected chi connectivity index (χ1v) is 6.01. The zero-order valence-corrected chi connectivity index (χ0v) is 10.4. The second-order valence-corrected chi connectivity index (χ2v) is 4.05. The Morgan fingerprint density at radius 1 is 1.00 bits per heavy atom. The topological polar surface area (TPSA) is 81.8 Å². The highest BCUT2D eigenvalue weighted by Gasteiger charge is 2.14. The highest BCUT2D eigenvalue weighted by Crippen LogP contribution is 2.11. The minimum atomic E-state index is -0.0743. The minimum absolute atomic E-state index is 0.0594. The summed E-state index contributed by atoms with van der Waals surface area (Å²) in [4.78, 5) is 24.2. The van der Waals surface area contributed by atoms with E-state index in [1.54, 1.807) is 30.6 Å². The number of carbonyl (C=O) groups is 1. The molecule has 0 saturated heterocycles. The molecule has 0 aliphatic carbocycles. The smallest absolute Gasteiger partial charge is 0.240 e. The molecule has 1 aromatic carbocycles. The van der Waals surface area contributed by atoms with E-state index in [9.17, 15) is 4.79 Å². The lowest BCUT2D eigenvalue weighted by Gasteiger charge is -1.95. The Labute approximate surface area is 114 Å². The second kappa shape index (κ2) is 5.40. The number of nitrogens with zero attached hydrogens (tertiary/aromatic N) is 4. The van der Waals surface area contributed by atoms with Crippen molar-refractivity contribution in [1.29, 1.82) is 0 Å². The zero-order valence-electron chi connectivity index (χ0n) is 10.4. The van der Waals surface area contributed by atoms with E-state index in [4.69, 9.17) is 4.52 Å². The molecule has 3 aromatic rings. The summed E-state index contributed by atoms with van der Waals surface area (Å²) in [7, 11) is 0. The van der Waals surface area contributed by atoms with E-state index in [1.165, 1.54) is 0 Å². The van der Waals surface area contributed by atoms with Crippen LogP contribution in [0.3, 0.4) is 0 Å². The Hall–Kier alpha value is -2.89. The molecule has 6 heteroatoms. The molecule has 6 nitrogen and oxygen atoms in total. The molecular weight excluding hydrogens is 256 g/mol. The lowest BCUT2D eigenvalue weighted by molar-refractivity contribution is 0.0983. The molecule has 0 radical (unpaired) electrons. The van der Waals surface area contributed by atoms with Crippen LogP contribution in [-0.4, -0.2) is 25.9 Å². The number of rotatable bonds is 4. The van der Waals surface area contributed by atoms with Gasteiger partial charge in [0.1, 0.15) is 0 Å². The molecule has 3 rings (SSSR count). The van der Waals surface area contributed by atoms with E-state index < -0.39 is 0 Å². The van der Waals surface area contributed by atoms with E-state index in [0.29, 0.717) is 11.4 Å². The van der Waals surface area contributed by atoms with Gasteiger partial charge in [-0.05, 0) is 6.07 Å². The van der Waals surface area contributed by atoms with Crippen molar-refractivity contribution in [2.75, 3.05) is 0 Å². The molecule has 2 aromatic heterocycles. The van der Waals surface area contributed by atoms with Gasteiger partial charge in [-0.3, -0.25) is 4.79 Å². The molecule has 0 saturated carbocycles. The van der Waals surface area contributed by atoms with Crippen LogP contribution in [0.5, 0.6) is 0 Å². The third kappa shape index (κ3) is 2.59. The molecule has 20 heavy (non-hydrogen) atoms. The summed E-state index contributed by atoms with van der Waals surface area (Å²) in [5.74, 6) is 0.826. The maximum Gasteiger partial charge on any atom is 0.240 e. The second-order valence-electron chi connectivity index (χ2n) is 4.05. The molecule has 0 aliphatic heterocycles. The predicted octanol–water partition coefficient (Wildman–Crippen LogP) is 1.95. The fraction of sp³-hybridized carbons (Fsp3) is 0.0714. The molecule has 0 atom stereocenters. The van der Waals surface area contributed by atoms with Crippen molar-refractivity contribution in [3.63, 3.8) is 0 Å². The number of Topliss-reactive ketones (excluding diaryl/α,β-unsaturated/α-hetero) is 1. The summed E-state index contributed by atoms with van der Waals surface area (Å²) in [5.41, 5.74) is 0.614. The van der Waals surface area contributed by atoms with Crippen LogP contribution < -0.4 is 0 Å². The number of aromatic nitrogens is 4. The molecular formula is C14H10N4O2. The van der Waals surface area contributed by atoms with Gasteiger partial charge in [-0.1, -0.05) is 35.5 Å². The molecule has 98 valence electrons. The van der Waals surface area contributed by atoms with Crippen LogP contribution in [0.4, 0.5) is 0 Å². The van der Waals surface area contributed by atoms with Gasteiger partial charge in [-0.25, -0.2) is 9.97 Å². The van der Waals surface area contributed by atoms with E-state index >= 15 is 0 Å². The van der Waals surface area contributed by atoms with Gasteiger partial charge in [-0.15, -0.1) is 0 Å². The average Bonchev–Trinajstić information content (AvgIpc) is 2.97. The summed E-state index contributed by atoms with van der Waals surface area (Å²) in [6, 6.07) is 10.7. The summed E-state index contributed by atoms with van der Waals surface area (Å²) in [6.07, 6.45) is 3.24. The molecule has 2 heterocycles. The van der Waals surface area contributed by atoms with Crippen molar-refractivity contribution in [2.24, 2.45) is 0 Å². The minimum Gasteiger partial charge on any atom is -0.338 e. The quantitative estimate of drug-likeness (QED) is 0.671. The number of ketones is 1. The normalized spacial score (nSPS) is 10.4. The third-order valence-corrected chi connectivity index (χ3v) is 2.64. The number of carbonyl (C=O) groups excluding carboxylic acids is 1. The van der Waals surface area contributed by atoms with Crippen LogP contribution in [0.15, 0.2) is 53.3 Å². The van der Waals surface area contributed by atoms with E-state index in [2.05, 4.69) is 20.1 Å². The first-order valence-electron chi connectivity index (χ1n) is 6.01. The molecule has 0 unspecified atom stereocenters. The largest absolute Gasteiger partial charge is 0.338 e. The van der Waals surface area contributed by atoms with Crippen molar-refractivity contribution in [1.82, 2.24) is 20.1 Å². The Kier molecular flexibility index (Phi) is 3.28. The fourth-order valence-corrected chi connectivity index (χ4v) is 1.70. The summed E-state index contributed by atoms with van der Waals surface area (Å²) < 4.78 is 5.05. The zero-order chi connectivity index (χ0) is 13.8. The Bertz CT molecular complexity index is 710. The van der Waals surface area contributed by atoms with Gasteiger partial charge in [-0.2, -0.15) is 4.98 Å². The van der Waals surface area contributed by atoms with E-state index in [1.807, 2.05) is 18.2 Å².